The Morgan fingerprint density at radius 2 is 2.33 bits per heavy atom. The van der Waals surface area contributed by atoms with Crippen molar-refractivity contribution in [3.05, 3.63) is 29.6 Å². The van der Waals surface area contributed by atoms with Gasteiger partial charge in [-0.25, -0.2) is 4.39 Å². The quantitative estimate of drug-likeness (QED) is 0.872. The molecule has 0 radical (unpaired) electrons. The van der Waals surface area contributed by atoms with Crippen molar-refractivity contribution < 1.29 is 13.9 Å². The van der Waals surface area contributed by atoms with Crippen molar-refractivity contribution in [1.29, 1.82) is 5.26 Å². The monoisotopic (exact) mass is 248 g/mol. The fraction of sp³-hybridized carbons (Fsp3) is 0.385. The van der Waals surface area contributed by atoms with E-state index in [0.29, 0.717) is 12.1 Å². The van der Waals surface area contributed by atoms with Crippen molar-refractivity contribution in [1.82, 2.24) is 0 Å². The number of anilines is 1. The highest BCUT2D eigenvalue weighted by Crippen LogP contribution is 2.21. The molecule has 4 nitrogen and oxygen atoms in total. The third kappa shape index (κ3) is 2.66. The molecule has 1 aromatic rings. The maximum absolute atomic E-state index is 13.1. The molecule has 2 rings (SSSR count). The Morgan fingerprint density at radius 1 is 1.56 bits per heavy atom. The van der Waals surface area contributed by atoms with Gasteiger partial charge < -0.3 is 10.1 Å². The zero-order chi connectivity index (χ0) is 13.1. The summed E-state index contributed by atoms with van der Waals surface area (Å²) in [5.41, 5.74) is 0.314. The standard InChI is InChI=1S/C13H13FN2O2/c1-8-2-5-12(18-8)13(17)16-10-3-4-11(14)9(6-10)7-15/h3-4,6,8,12H,2,5H2,1H3,(H,16,17). The van der Waals surface area contributed by atoms with E-state index in [1.165, 1.54) is 12.1 Å². The predicted molar refractivity (Wildman–Crippen MR) is 63.3 cm³/mol. The lowest BCUT2D eigenvalue weighted by Crippen LogP contribution is -2.27. The Hall–Kier alpha value is -1.93. The highest BCUT2D eigenvalue weighted by Gasteiger charge is 2.28. The van der Waals surface area contributed by atoms with Crippen LogP contribution in [0.25, 0.3) is 0 Å². The first-order valence-corrected chi connectivity index (χ1v) is 5.76. The van der Waals surface area contributed by atoms with Crippen LogP contribution in [0.15, 0.2) is 18.2 Å². The molecule has 1 saturated heterocycles. The normalized spacial score (nSPS) is 22.5. The highest BCUT2D eigenvalue weighted by atomic mass is 19.1. The van der Waals surface area contributed by atoms with Crippen LogP contribution in [0.1, 0.15) is 25.3 Å². The lowest BCUT2D eigenvalue weighted by Gasteiger charge is -2.11. The fourth-order valence-electron chi connectivity index (χ4n) is 1.91. The Kier molecular flexibility index (Phi) is 3.58. The molecule has 18 heavy (non-hydrogen) atoms. The number of hydrogen-bond donors (Lipinski definition) is 1. The Bertz CT molecular complexity index is 510. The minimum Gasteiger partial charge on any atom is -0.365 e. The van der Waals surface area contributed by atoms with Gasteiger partial charge in [-0.2, -0.15) is 5.26 Å². The zero-order valence-corrected chi connectivity index (χ0v) is 9.94. The fourth-order valence-corrected chi connectivity index (χ4v) is 1.91. The number of nitriles is 1. The number of halogens is 1. The van der Waals surface area contributed by atoms with Crippen LogP contribution in [0.3, 0.4) is 0 Å². The maximum atomic E-state index is 13.1. The van der Waals surface area contributed by atoms with Gasteiger partial charge in [0, 0.05) is 5.69 Å². The van der Waals surface area contributed by atoms with E-state index >= 15 is 0 Å². The number of rotatable bonds is 2. The van der Waals surface area contributed by atoms with E-state index in [1.54, 1.807) is 6.07 Å². The van der Waals surface area contributed by atoms with Crippen LogP contribution in [0.4, 0.5) is 10.1 Å². The first-order chi connectivity index (χ1) is 8.60. The van der Waals surface area contributed by atoms with E-state index in [-0.39, 0.29) is 17.6 Å². The molecule has 0 bridgehead atoms. The number of nitrogens with one attached hydrogen (secondary N) is 1. The molecule has 0 saturated carbocycles. The van der Waals surface area contributed by atoms with Crippen LogP contribution in [0, 0.1) is 17.1 Å². The second kappa shape index (κ2) is 5.15. The average Bonchev–Trinajstić information content (AvgIpc) is 2.78. The molecule has 1 aromatic carbocycles. The van der Waals surface area contributed by atoms with Gasteiger partial charge in [0.25, 0.3) is 5.91 Å². The van der Waals surface area contributed by atoms with E-state index in [0.717, 1.165) is 12.5 Å². The smallest absolute Gasteiger partial charge is 0.253 e. The summed E-state index contributed by atoms with van der Waals surface area (Å²) in [6.07, 6.45) is 1.16. The molecule has 2 unspecified atom stereocenters. The number of ether oxygens (including phenoxy) is 1. The minimum absolute atomic E-state index is 0.0867. The van der Waals surface area contributed by atoms with E-state index in [2.05, 4.69) is 5.32 Å². The van der Waals surface area contributed by atoms with Gasteiger partial charge in [-0.15, -0.1) is 0 Å². The first-order valence-electron chi connectivity index (χ1n) is 5.76. The van der Waals surface area contributed by atoms with Crippen LogP contribution in [-0.2, 0) is 9.53 Å². The molecule has 1 aliphatic rings. The van der Waals surface area contributed by atoms with Crippen molar-refractivity contribution in [2.24, 2.45) is 0 Å². The lowest BCUT2D eigenvalue weighted by atomic mass is 10.1. The third-order valence-corrected chi connectivity index (χ3v) is 2.88. The Balaban J connectivity index is 2.06. The maximum Gasteiger partial charge on any atom is 0.253 e. The van der Waals surface area contributed by atoms with Gasteiger partial charge in [-0.1, -0.05) is 0 Å². The van der Waals surface area contributed by atoms with Crippen molar-refractivity contribution >= 4 is 11.6 Å². The molecular weight excluding hydrogens is 235 g/mol. The van der Waals surface area contributed by atoms with Crippen molar-refractivity contribution in [3.63, 3.8) is 0 Å². The molecule has 0 aliphatic carbocycles. The molecule has 1 heterocycles. The van der Waals surface area contributed by atoms with Gasteiger partial charge in [0.2, 0.25) is 0 Å². The van der Waals surface area contributed by atoms with Crippen LogP contribution >= 0.6 is 0 Å². The van der Waals surface area contributed by atoms with Gasteiger partial charge in [-0.05, 0) is 38.0 Å². The number of nitrogens with zero attached hydrogens (tertiary/aromatic N) is 1. The molecule has 1 amide bonds. The second-order valence-electron chi connectivity index (χ2n) is 4.31. The van der Waals surface area contributed by atoms with Crippen LogP contribution < -0.4 is 5.32 Å². The van der Waals surface area contributed by atoms with E-state index in [9.17, 15) is 9.18 Å². The minimum atomic E-state index is -0.596. The van der Waals surface area contributed by atoms with Crippen LogP contribution in [0.2, 0.25) is 0 Å². The number of amides is 1. The molecule has 5 heteroatoms. The molecule has 1 N–H and O–H groups in total. The van der Waals surface area contributed by atoms with Gasteiger partial charge >= 0.3 is 0 Å². The first kappa shape index (κ1) is 12.5. The Morgan fingerprint density at radius 3 is 2.94 bits per heavy atom. The van der Waals surface area contributed by atoms with Gasteiger partial charge in [0.15, 0.2) is 0 Å². The molecule has 0 spiro atoms. The highest BCUT2D eigenvalue weighted by molar-refractivity contribution is 5.94. The average molecular weight is 248 g/mol. The summed E-state index contributed by atoms with van der Waals surface area (Å²) in [6.45, 7) is 1.92. The van der Waals surface area contributed by atoms with Crippen LogP contribution in [-0.4, -0.2) is 18.1 Å². The Labute approximate surface area is 104 Å². The van der Waals surface area contributed by atoms with Gasteiger partial charge in [0.05, 0.1) is 11.7 Å². The second-order valence-corrected chi connectivity index (χ2v) is 4.31. The van der Waals surface area contributed by atoms with E-state index < -0.39 is 11.9 Å². The number of carbonyl (C=O) groups is 1. The number of carbonyl (C=O) groups excluding carboxylic acids is 1. The van der Waals surface area contributed by atoms with E-state index in [4.69, 9.17) is 10.00 Å². The summed E-state index contributed by atoms with van der Waals surface area (Å²) in [5, 5.41) is 11.3. The molecular formula is C13H13FN2O2. The van der Waals surface area contributed by atoms with Crippen molar-refractivity contribution in [2.75, 3.05) is 5.32 Å². The molecule has 94 valence electrons. The summed E-state index contributed by atoms with van der Waals surface area (Å²) >= 11 is 0. The zero-order valence-electron chi connectivity index (χ0n) is 9.94. The van der Waals surface area contributed by atoms with Gasteiger partial charge in [0.1, 0.15) is 18.0 Å². The largest absolute Gasteiger partial charge is 0.365 e. The summed E-state index contributed by atoms with van der Waals surface area (Å²) in [6, 6.07) is 5.62. The third-order valence-electron chi connectivity index (χ3n) is 2.88. The van der Waals surface area contributed by atoms with Crippen molar-refractivity contribution in [2.45, 2.75) is 32.0 Å². The van der Waals surface area contributed by atoms with Crippen molar-refractivity contribution in [3.8, 4) is 6.07 Å². The SMILES string of the molecule is CC1CCC(C(=O)Nc2ccc(F)c(C#N)c2)O1. The number of hydrogen-bond acceptors (Lipinski definition) is 3. The number of benzene rings is 1. The summed E-state index contributed by atoms with van der Waals surface area (Å²) in [5.74, 6) is -0.851. The topological polar surface area (TPSA) is 62.1 Å². The summed E-state index contributed by atoms with van der Waals surface area (Å²) < 4.78 is 18.5. The molecule has 1 aliphatic heterocycles. The van der Waals surface area contributed by atoms with Crippen LogP contribution in [0.5, 0.6) is 0 Å². The predicted octanol–water partition coefficient (Wildman–Crippen LogP) is 2.20. The summed E-state index contributed by atoms with van der Waals surface area (Å²) in [4.78, 5) is 11.8. The lowest BCUT2D eigenvalue weighted by molar-refractivity contribution is -0.126. The summed E-state index contributed by atoms with van der Waals surface area (Å²) in [7, 11) is 0. The molecule has 0 aromatic heterocycles. The molecule has 2 atom stereocenters. The molecule has 1 fully saturated rings. The van der Waals surface area contributed by atoms with E-state index in [1.807, 2.05) is 6.92 Å². The van der Waals surface area contributed by atoms with Gasteiger partial charge in [-0.3, -0.25) is 4.79 Å².